The summed E-state index contributed by atoms with van der Waals surface area (Å²) in [4.78, 5) is 35.6. The van der Waals surface area contributed by atoms with Crippen LogP contribution in [0.5, 0.6) is 0 Å². The smallest absolute Gasteiger partial charge is 0.427 e. The summed E-state index contributed by atoms with van der Waals surface area (Å²) in [5.41, 5.74) is 2.05. The van der Waals surface area contributed by atoms with Crippen LogP contribution in [-0.4, -0.2) is 57.0 Å². The molecular weight excluding hydrogens is 426 g/mol. The minimum atomic E-state index is -0.697. The average molecular weight is 458 g/mol. The fraction of sp³-hybridized carbons (Fsp3) is 0.565. The van der Waals surface area contributed by atoms with Crippen molar-refractivity contribution in [1.82, 2.24) is 14.6 Å². The molecule has 4 rings (SSSR count). The molecule has 10 nitrogen and oxygen atoms in total. The molecule has 2 atom stereocenters. The first kappa shape index (κ1) is 23.0. The average Bonchev–Trinajstić information content (AvgIpc) is 3.36. The number of benzene rings is 1. The molecule has 0 saturated carbocycles. The molecule has 2 aliphatic heterocycles. The van der Waals surface area contributed by atoms with Crippen LogP contribution in [0.4, 0.5) is 16.4 Å². The number of allylic oxidation sites excluding steroid dienone is 2. The second-order valence-electron chi connectivity index (χ2n) is 9.95. The minimum Gasteiger partial charge on any atom is -0.427 e. The van der Waals surface area contributed by atoms with Crippen LogP contribution < -0.4 is 4.90 Å². The number of anilines is 1. The van der Waals surface area contributed by atoms with Crippen LogP contribution in [0, 0.1) is 16.0 Å². The van der Waals surface area contributed by atoms with Gasteiger partial charge in [0.2, 0.25) is 5.95 Å². The number of aromatic nitrogens is 2. The lowest BCUT2D eigenvalue weighted by molar-refractivity contribution is -0.384. The number of nitro groups is 1. The van der Waals surface area contributed by atoms with E-state index in [1.165, 1.54) is 6.07 Å². The van der Waals surface area contributed by atoms with E-state index in [1.807, 2.05) is 18.4 Å². The molecule has 0 aliphatic carbocycles. The highest BCUT2D eigenvalue weighted by atomic mass is 16.8. The first-order chi connectivity index (χ1) is 15.5. The number of hydroxylamine groups is 2. The highest BCUT2D eigenvalue weighted by Crippen LogP contribution is 2.37. The lowest BCUT2D eigenvalue weighted by atomic mass is 10.1. The molecule has 0 amide bonds. The number of nitrogens with zero attached hydrogens (tertiary/aromatic N) is 5. The van der Waals surface area contributed by atoms with Gasteiger partial charge in [-0.2, -0.15) is 0 Å². The lowest BCUT2D eigenvalue weighted by Gasteiger charge is -2.26. The molecule has 1 aromatic heterocycles. The number of fused-ring (bicyclic) bond motifs is 2. The van der Waals surface area contributed by atoms with Gasteiger partial charge in [0.05, 0.1) is 28.5 Å². The predicted molar refractivity (Wildman–Crippen MR) is 124 cm³/mol. The number of nitro benzene ring substituents is 1. The molecule has 2 fully saturated rings. The lowest BCUT2D eigenvalue weighted by Crippen LogP contribution is -2.38. The molecule has 2 saturated heterocycles. The number of carbonyl (C=O) groups excluding carboxylic acids is 1. The molecule has 1 aromatic carbocycles. The van der Waals surface area contributed by atoms with Crippen LogP contribution in [0.2, 0.25) is 0 Å². The van der Waals surface area contributed by atoms with Crippen molar-refractivity contribution < 1.29 is 19.3 Å². The Labute approximate surface area is 192 Å². The summed E-state index contributed by atoms with van der Waals surface area (Å²) in [6.45, 7) is 12.0. The fourth-order valence-corrected chi connectivity index (χ4v) is 4.50. The number of carbonyl (C=O) groups is 1. The molecule has 2 unspecified atom stereocenters. The molecule has 33 heavy (non-hydrogen) atoms. The van der Waals surface area contributed by atoms with Crippen molar-refractivity contribution in [3.05, 3.63) is 40.0 Å². The van der Waals surface area contributed by atoms with Gasteiger partial charge in [0, 0.05) is 31.8 Å². The highest BCUT2D eigenvalue weighted by Gasteiger charge is 2.44. The van der Waals surface area contributed by atoms with Crippen LogP contribution in [0.1, 0.15) is 41.0 Å². The van der Waals surface area contributed by atoms with Crippen molar-refractivity contribution in [3.8, 4) is 0 Å². The van der Waals surface area contributed by atoms with Crippen LogP contribution in [0.15, 0.2) is 29.8 Å². The standard InChI is InChI=1S/C23H31N5O5/c1-15(2)8-10-26-19-12-17(28(30)31)6-7-18(19)24-21(26)27-11-9-16-13-25(14-20(16)27)33-22(29)32-23(3,4)5/h6-8,12,16,20H,9-11,13-14H2,1-5H3. The Morgan fingerprint density at radius 2 is 2.06 bits per heavy atom. The van der Waals surface area contributed by atoms with Gasteiger partial charge in [-0.05, 0) is 53.0 Å². The maximum absolute atomic E-state index is 12.1. The van der Waals surface area contributed by atoms with E-state index >= 15 is 0 Å². The quantitative estimate of drug-likeness (QED) is 0.284. The van der Waals surface area contributed by atoms with Crippen LogP contribution in [-0.2, 0) is 16.1 Å². The number of imidazole rings is 1. The van der Waals surface area contributed by atoms with Gasteiger partial charge in [-0.3, -0.25) is 10.1 Å². The van der Waals surface area contributed by atoms with Gasteiger partial charge < -0.3 is 19.0 Å². The molecule has 2 aromatic rings. The normalized spacial score (nSPS) is 20.7. The molecule has 178 valence electrons. The zero-order valence-electron chi connectivity index (χ0n) is 19.8. The number of hydrogen-bond donors (Lipinski definition) is 0. The SMILES string of the molecule is CC(C)=CCn1c(N2CCC3CN(OC(=O)OC(C)(C)C)CC32)nc2ccc([N+](=O)[O-])cc21. The summed E-state index contributed by atoms with van der Waals surface area (Å²) >= 11 is 0. The van der Waals surface area contributed by atoms with E-state index in [0.29, 0.717) is 25.6 Å². The molecule has 2 aliphatic rings. The Bertz CT molecular complexity index is 1100. The Balaban J connectivity index is 1.60. The van der Waals surface area contributed by atoms with E-state index in [-0.39, 0.29) is 16.7 Å². The van der Waals surface area contributed by atoms with E-state index < -0.39 is 11.8 Å². The third-order valence-electron chi connectivity index (χ3n) is 5.97. The Hall–Kier alpha value is -3.14. The maximum Gasteiger partial charge on any atom is 0.528 e. The van der Waals surface area contributed by atoms with Crippen LogP contribution in [0.25, 0.3) is 11.0 Å². The number of rotatable bonds is 5. The van der Waals surface area contributed by atoms with Crippen molar-refractivity contribution in [2.24, 2.45) is 5.92 Å². The van der Waals surface area contributed by atoms with Crippen molar-refractivity contribution in [2.45, 2.75) is 59.2 Å². The van der Waals surface area contributed by atoms with Crippen LogP contribution >= 0.6 is 0 Å². The summed E-state index contributed by atoms with van der Waals surface area (Å²) in [6.07, 6.45) is 2.34. The van der Waals surface area contributed by atoms with Gasteiger partial charge in [0.15, 0.2) is 0 Å². The first-order valence-corrected chi connectivity index (χ1v) is 11.2. The molecule has 0 N–H and O–H groups in total. The topological polar surface area (TPSA) is 103 Å². The van der Waals surface area contributed by atoms with Gasteiger partial charge in [0.1, 0.15) is 5.60 Å². The zero-order chi connectivity index (χ0) is 23.9. The van der Waals surface area contributed by atoms with E-state index in [9.17, 15) is 14.9 Å². The summed E-state index contributed by atoms with van der Waals surface area (Å²) in [5.74, 6) is 1.12. The summed E-state index contributed by atoms with van der Waals surface area (Å²) in [7, 11) is 0. The van der Waals surface area contributed by atoms with E-state index in [2.05, 4.69) is 11.0 Å². The summed E-state index contributed by atoms with van der Waals surface area (Å²) in [5, 5.41) is 13.0. The number of hydrogen-bond acceptors (Lipinski definition) is 8. The minimum absolute atomic E-state index is 0.0458. The molecule has 0 radical (unpaired) electrons. The third-order valence-corrected chi connectivity index (χ3v) is 5.97. The monoisotopic (exact) mass is 457 g/mol. The van der Waals surface area contributed by atoms with Crippen LogP contribution in [0.3, 0.4) is 0 Å². The summed E-state index contributed by atoms with van der Waals surface area (Å²) in [6, 6.07) is 4.91. The highest BCUT2D eigenvalue weighted by molar-refractivity contribution is 5.81. The van der Waals surface area contributed by atoms with Gasteiger partial charge in [-0.25, -0.2) is 9.78 Å². The number of non-ortho nitro benzene ring substituents is 1. The fourth-order valence-electron chi connectivity index (χ4n) is 4.50. The maximum atomic E-state index is 12.1. The van der Waals surface area contributed by atoms with Gasteiger partial charge in [-0.1, -0.05) is 11.6 Å². The molecule has 0 bridgehead atoms. The molecular formula is C23H31N5O5. The molecule has 0 spiro atoms. The predicted octanol–water partition coefficient (Wildman–Crippen LogP) is 4.29. The van der Waals surface area contributed by atoms with E-state index in [1.54, 1.807) is 38.0 Å². The van der Waals surface area contributed by atoms with Crippen molar-refractivity contribution in [3.63, 3.8) is 0 Å². The zero-order valence-corrected chi connectivity index (χ0v) is 19.8. The van der Waals surface area contributed by atoms with Crippen molar-refractivity contribution in [1.29, 1.82) is 0 Å². The largest absolute Gasteiger partial charge is 0.528 e. The van der Waals surface area contributed by atoms with E-state index in [4.69, 9.17) is 14.6 Å². The second-order valence-corrected chi connectivity index (χ2v) is 9.95. The Morgan fingerprint density at radius 3 is 2.73 bits per heavy atom. The van der Waals surface area contributed by atoms with E-state index in [0.717, 1.165) is 35.5 Å². The second kappa shape index (κ2) is 8.66. The summed E-state index contributed by atoms with van der Waals surface area (Å²) < 4.78 is 7.32. The van der Waals surface area contributed by atoms with Crippen molar-refractivity contribution in [2.75, 3.05) is 24.5 Å². The molecule has 3 heterocycles. The van der Waals surface area contributed by atoms with Crippen molar-refractivity contribution >= 4 is 28.8 Å². The third kappa shape index (κ3) is 4.95. The number of ether oxygens (including phenoxy) is 1. The first-order valence-electron chi connectivity index (χ1n) is 11.2. The Kier molecular flexibility index (Phi) is 6.04. The van der Waals surface area contributed by atoms with Gasteiger partial charge in [0.25, 0.3) is 5.69 Å². The van der Waals surface area contributed by atoms with Gasteiger partial charge in [-0.15, -0.1) is 5.06 Å². The molecule has 10 heteroatoms. The van der Waals surface area contributed by atoms with Gasteiger partial charge >= 0.3 is 6.16 Å². The Morgan fingerprint density at radius 1 is 1.30 bits per heavy atom.